The molecule has 10 nitrogen and oxygen atoms in total. The molecule has 0 saturated carbocycles. The van der Waals surface area contributed by atoms with E-state index in [9.17, 15) is 9.59 Å². The van der Waals surface area contributed by atoms with Crippen LogP contribution in [0.2, 0.25) is 0 Å². The van der Waals surface area contributed by atoms with Gasteiger partial charge in [0, 0.05) is 30.4 Å². The van der Waals surface area contributed by atoms with Gasteiger partial charge in [-0.3, -0.25) is 9.59 Å². The summed E-state index contributed by atoms with van der Waals surface area (Å²) >= 11 is 1.26. The zero-order valence-corrected chi connectivity index (χ0v) is 18.4. The van der Waals surface area contributed by atoms with Crippen molar-refractivity contribution in [3.63, 3.8) is 0 Å². The topological polar surface area (TPSA) is 152 Å². The normalized spacial score (nSPS) is 15.9. The fourth-order valence-electron chi connectivity index (χ4n) is 3.55. The number of carbonyl (C=O) groups excluding carboxylic acids is 2. The first-order valence-electron chi connectivity index (χ1n) is 10.2. The Morgan fingerprint density at radius 2 is 2.03 bits per heavy atom. The number of benzene rings is 1. The van der Waals surface area contributed by atoms with E-state index in [0.717, 1.165) is 30.1 Å². The number of hydrogen-bond donors (Lipinski definition) is 4. The highest BCUT2D eigenvalue weighted by Gasteiger charge is 2.24. The van der Waals surface area contributed by atoms with Crippen molar-refractivity contribution in [1.82, 2.24) is 19.7 Å². The molecule has 1 fully saturated rings. The van der Waals surface area contributed by atoms with E-state index in [1.165, 1.54) is 17.7 Å². The van der Waals surface area contributed by atoms with Crippen molar-refractivity contribution in [2.24, 2.45) is 5.73 Å². The average Bonchev–Trinajstić information content (AvgIpc) is 3.18. The number of nitrogen functional groups attached to an aromatic ring is 1. The molecule has 1 saturated heterocycles. The van der Waals surface area contributed by atoms with Crippen molar-refractivity contribution >= 4 is 45.7 Å². The number of anilines is 4. The van der Waals surface area contributed by atoms with Gasteiger partial charge in [-0.25, -0.2) is 9.97 Å². The molecule has 3 heterocycles. The lowest BCUT2D eigenvalue weighted by molar-refractivity contribution is 0.0932. The third-order valence-corrected chi connectivity index (χ3v) is 5.91. The molecule has 1 aromatic carbocycles. The van der Waals surface area contributed by atoms with Crippen molar-refractivity contribution in [3.8, 4) is 0 Å². The van der Waals surface area contributed by atoms with E-state index in [1.807, 2.05) is 17.9 Å². The van der Waals surface area contributed by atoms with Crippen molar-refractivity contribution in [3.05, 3.63) is 53.5 Å². The van der Waals surface area contributed by atoms with Gasteiger partial charge in [-0.2, -0.15) is 4.37 Å². The molecular weight excluding hydrogens is 428 g/mol. The molecule has 0 radical (unpaired) electrons. The Kier molecular flexibility index (Phi) is 6.17. The number of primary amides is 1. The second-order valence-corrected chi connectivity index (χ2v) is 8.43. The first-order valence-corrected chi connectivity index (χ1v) is 10.9. The van der Waals surface area contributed by atoms with Gasteiger partial charge in [0.05, 0.1) is 11.9 Å². The molecule has 3 aromatic rings. The fourth-order valence-corrected chi connectivity index (χ4v) is 4.21. The van der Waals surface area contributed by atoms with E-state index < -0.39 is 5.91 Å². The lowest BCUT2D eigenvalue weighted by atomic mass is 10.0. The quantitative estimate of drug-likeness (QED) is 0.415. The number of aryl methyl sites for hydroxylation is 1. The molecule has 2 aromatic heterocycles. The van der Waals surface area contributed by atoms with Crippen molar-refractivity contribution in [2.75, 3.05) is 29.0 Å². The molecule has 4 rings (SSSR count). The van der Waals surface area contributed by atoms with Gasteiger partial charge < -0.3 is 27.0 Å². The number of nitrogens with two attached hydrogens (primary N) is 2. The molecule has 166 valence electrons. The number of rotatable bonds is 6. The predicted octanol–water partition coefficient (Wildman–Crippen LogP) is 2.07. The Morgan fingerprint density at radius 1 is 1.25 bits per heavy atom. The van der Waals surface area contributed by atoms with Crippen molar-refractivity contribution in [1.29, 1.82) is 0 Å². The molecule has 0 aliphatic carbocycles. The summed E-state index contributed by atoms with van der Waals surface area (Å²) in [5, 5.41) is 6.91. The first kappa shape index (κ1) is 21.5. The van der Waals surface area contributed by atoms with Gasteiger partial charge >= 0.3 is 0 Å². The number of hydrogen-bond acceptors (Lipinski definition) is 9. The highest BCUT2D eigenvalue weighted by Crippen LogP contribution is 2.25. The van der Waals surface area contributed by atoms with E-state index in [0.29, 0.717) is 23.6 Å². The monoisotopic (exact) mass is 452 g/mol. The smallest absolute Gasteiger partial charge is 0.271 e. The molecular formula is C21H24N8O2S. The Balaban J connectivity index is 1.49. The Bertz CT molecular complexity index is 1130. The predicted molar refractivity (Wildman–Crippen MR) is 124 cm³/mol. The summed E-state index contributed by atoms with van der Waals surface area (Å²) in [4.78, 5) is 35.3. The molecule has 1 atom stereocenters. The van der Waals surface area contributed by atoms with Gasteiger partial charge in [-0.05, 0) is 61.6 Å². The summed E-state index contributed by atoms with van der Waals surface area (Å²) in [7, 11) is 0. The van der Waals surface area contributed by atoms with E-state index in [2.05, 4.69) is 25.0 Å². The maximum Gasteiger partial charge on any atom is 0.271 e. The van der Waals surface area contributed by atoms with Crippen LogP contribution in [0.3, 0.4) is 0 Å². The van der Waals surface area contributed by atoms with E-state index in [1.54, 1.807) is 24.3 Å². The maximum atomic E-state index is 12.6. The average molecular weight is 453 g/mol. The van der Waals surface area contributed by atoms with Crippen LogP contribution in [0.1, 0.15) is 39.4 Å². The first-order chi connectivity index (χ1) is 15.4. The fraction of sp³-hybridized carbons (Fsp3) is 0.286. The largest absolute Gasteiger partial charge is 0.399 e. The summed E-state index contributed by atoms with van der Waals surface area (Å²) in [5.74, 6) is 0.0758. The van der Waals surface area contributed by atoms with E-state index in [4.69, 9.17) is 11.5 Å². The number of nitrogens with one attached hydrogen (secondary N) is 2. The summed E-state index contributed by atoms with van der Waals surface area (Å²) in [6, 6.07) is 8.63. The maximum absolute atomic E-state index is 12.6. The van der Waals surface area contributed by atoms with Gasteiger partial charge in [0.1, 0.15) is 10.8 Å². The van der Waals surface area contributed by atoms with Crippen molar-refractivity contribution < 1.29 is 9.59 Å². The van der Waals surface area contributed by atoms with Crippen molar-refractivity contribution in [2.45, 2.75) is 25.8 Å². The van der Waals surface area contributed by atoms with Crippen LogP contribution in [0.15, 0.2) is 36.5 Å². The van der Waals surface area contributed by atoms with Gasteiger partial charge in [0.25, 0.3) is 11.8 Å². The van der Waals surface area contributed by atoms with E-state index >= 15 is 0 Å². The number of nitrogens with zero attached hydrogens (tertiary/aromatic N) is 4. The SMILES string of the molecule is Cc1cc(Nc2nc(N3CCC[C@@H](NC(=O)c4ccc(N)cc4)C3)cnc2C(N)=O)sn1. The molecule has 0 unspecified atom stereocenters. The number of piperidine rings is 1. The summed E-state index contributed by atoms with van der Waals surface area (Å²) in [6.45, 7) is 3.22. The Hall–Kier alpha value is -3.73. The number of carbonyl (C=O) groups is 2. The molecule has 6 N–H and O–H groups in total. The lowest BCUT2D eigenvalue weighted by Gasteiger charge is -2.34. The van der Waals surface area contributed by atoms with Gasteiger partial charge in [0.2, 0.25) is 0 Å². The zero-order chi connectivity index (χ0) is 22.7. The van der Waals surface area contributed by atoms with Crippen LogP contribution in [-0.2, 0) is 0 Å². The van der Waals surface area contributed by atoms with Gasteiger partial charge in [-0.1, -0.05) is 0 Å². The van der Waals surface area contributed by atoms with Gasteiger partial charge in [0.15, 0.2) is 11.5 Å². The standard InChI is InChI=1S/C21H24N8O2S/c1-12-9-17(32-28-12)27-20-18(19(23)30)24-10-16(26-20)29-8-2-3-15(11-29)25-21(31)13-4-6-14(22)7-5-13/h4-7,9-10,15H,2-3,8,11,22H2,1H3,(H2,23,30)(H,25,31)(H,26,27)/t15-/m1/s1. The van der Waals surface area contributed by atoms with Crippen LogP contribution < -0.4 is 27.0 Å². The minimum atomic E-state index is -0.667. The summed E-state index contributed by atoms with van der Waals surface area (Å²) < 4.78 is 4.22. The minimum Gasteiger partial charge on any atom is -0.399 e. The molecule has 11 heteroatoms. The van der Waals surface area contributed by atoms with E-state index in [-0.39, 0.29) is 23.5 Å². The summed E-state index contributed by atoms with van der Waals surface area (Å²) in [5.41, 5.74) is 13.3. The number of aromatic nitrogens is 3. The number of amides is 2. The van der Waals surface area contributed by atoms with Crippen LogP contribution in [0, 0.1) is 6.92 Å². The minimum absolute atomic E-state index is 0.0491. The molecule has 32 heavy (non-hydrogen) atoms. The second kappa shape index (κ2) is 9.18. The van der Waals surface area contributed by atoms with Crippen LogP contribution in [-0.4, -0.2) is 45.3 Å². The van der Waals surface area contributed by atoms with Crippen LogP contribution in [0.4, 0.5) is 22.3 Å². The zero-order valence-electron chi connectivity index (χ0n) is 17.5. The second-order valence-electron chi connectivity index (χ2n) is 7.63. The Labute approximate surface area is 189 Å². The highest BCUT2D eigenvalue weighted by molar-refractivity contribution is 7.10. The third-order valence-electron chi connectivity index (χ3n) is 5.12. The Morgan fingerprint density at radius 3 is 2.72 bits per heavy atom. The van der Waals surface area contributed by atoms with Gasteiger partial charge in [-0.15, -0.1) is 0 Å². The molecule has 0 bridgehead atoms. The van der Waals surface area contributed by atoms with Crippen LogP contribution in [0.5, 0.6) is 0 Å². The third kappa shape index (κ3) is 4.94. The van der Waals surface area contributed by atoms with Crippen LogP contribution in [0.25, 0.3) is 0 Å². The lowest BCUT2D eigenvalue weighted by Crippen LogP contribution is -2.48. The molecule has 1 aliphatic rings. The molecule has 2 amide bonds. The summed E-state index contributed by atoms with van der Waals surface area (Å²) in [6.07, 6.45) is 3.27. The highest BCUT2D eigenvalue weighted by atomic mass is 32.1. The molecule has 1 aliphatic heterocycles. The van der Waals surface area contributed by atoms with Crippen LogP contribution >= 0.6 is 11.5 Å². The molecule has 0 spiro atoms.